The molecule has 1 atom stereocenters. The third-order valence-corrected chi connectivity index (χ3v) is 3.15. The van der Waals surface area contributed by atoms with Gasteiger partial charge in [-0.3, -0.25) is 4.79 Å². The van der Waals surface area contributed by atoms with Crippen LogP contribution in [0.3, 0.4) is 0 Å². The summed E-state index contributed by atoms with van der Waals surface area (Å²) in [5, 5.41) is 20.5. The maximum absolute atomic E-state index is 13.7. The maximum atomic E-state index is 13.7. The van der Waals surface area contributed by atoms with Crippen molar-refractivity contribution < 1.29 is 28.2 Å². The first-order chi connectivity index (χ1) is 9.59. The molecule has 118 valence electrons. The molecule has 7 heteroatoms. The zero-order valence-corrected chi connectivity index (χ0v) is 12.0. The molecule has 0 bridgehead atoms. The van der Waals surface area contributed by atoms with Gasteiger partial charge in [0, 0.05) is 12.6 Å². The van der Waals surface area contributed by atoms with Crippen LogP contribution in [0.5, 0.6) is 5.75 Å². The van der Waals surface area contributed by atoms with Crippen LogP contribution in [-0.2, 0) is 0 Å². The smallest absolute Gasteiger partial charge is 0.254 e. The van der Waals surface area contributed by atoms with Crippen LogP contribution in [0.4, 0.5) is 13.2 Å². The zero-order chi connectivity index (χ0) is 16.4. The summed E-state index contributed by atoms with van der Waals surface area (Å²) in [6.45, 7) is 5.19. The van der Waals surface area contributed by atoms with E-state index in [1.807, 2.05) is 0 Å². The first kappa shape index (κ1) is 17.3. The van der Waals surface area contributed by atoms with Crippen LogP contribution in [0.1, 0.15) is 37.6 Å². The van der Waals surface area contributed by atoms with E-state index >= 15 is 0 Å². The number of halogens is 3. The van der Waals surface area contributed by atoms with E-state index in [1.54, 1.807) is 20.8 Å². The Balaban J connectivity index is 3.09. The fourth-order valence-electron chi connectivity index (χ4n) is 1.84. The Bertz CT molecular complexity index is 541. The van der Waals surface area contributed by atoms with E-state index in [1.165, 1.54) is 0 Å². The Hall–Kier alpha value is -1.76. The van der Waals surface area contributed by atoms with Crippen LogP contribution in [0.15, 0.2) is 6.07 Å². The van der Waals surface area contributed by atoms with E-state index in [2.05, 4.69) is 5.32 Å². The van der Waals surface area contributed by atoms with E-state index in [0.717, 1.165) is 0 Å². The molecule has 0 aliphatic heterocycles. The number of carbonyl (C=O) groups is 1. The van der Waals surface area contributed by atoms with Gasteiger partial charge in [0.25, 0.3) is 5.91 Å². The second kappa shape index (κ2) is 6.34. The first-order valence-corrected chi connectivity index (χ1v) is 6.37. The fraction of sp³-hybridized carbons (Fsp3) is 0.500. The van der Waals surface area contributed by atoms with Crippen molar-refractivity contribution in [3.63, 3.8) is 0 Å². The van der Waals surface area contributed by atoms with Crippen molar-refractivity contribution in [2.45, 2.75) is 33.2 Å². The molecule has 0 saturated heterocycles. The lowest BCUT2D eigenvalue weighted by Gasteiger charge is -2.31. The number of nitrogens with one attached hydrogen (secondary N) is 1. The highest BCUT2D eigenvalue weighted by Gasteiger charge is 2.29. The van der Waals surface area contributed by atoms with Crippen molar-refractivity contribution in [3.8, 4) is 5.75 Å². The average Bonchev–Trinajstić information content (AvgIpc) is 2.38. The van der Waals surface area contributed by atoms with E-state index in [9.17, 15) is 18.0 Å². The Kier molecular flexibility index (Phi) is 5.22. The molecule has 3 N–H and O–H groups in total. The summed E-state index contributed by atoms with van der Waals surface area (Å²) in [4.78, 5) is 12.0. The second-order valence-electron chi connectivity index (χ2n) is 5.79. The molecule has 0 spiro atoms. The maximum Gasteiger partial charge on any atom is 0.254 e. The van der Waals surface area contributed by atoms with Crippen LogP contribution >= 0.6 is 0 Å². The quantitative estimate of drug-likeness (QED) is 0.748. The third kappa shape index (κ3) is 3.87. The lowest BCUT2D eigenvalue weighted by atomic mass is 9.84. The predicted molar refractivity (Wildman–Crippen MR) is 70.4 cm³/mol. The first-order valence-electron chi connectivity index (χ1n) is 6.37. The minimum Gasteiger partial charge on any atom is -0.503 e. The molecular weight excluding hydrogens is 287 g/mol. The number of rotatable bonds is 4. The van der Waals surface area contributed by atoms with Crippen molar-refractivity contribution in [1.29, 1.82) is 0 Å². The monoisotopic (exact) mass is 305 g/mol. The van der Waals surface area contributed by atoms with Crippen molar-refractivity contribution in [2.75, 3.05) is 6.61 Å². The number of hydrogen-bond donors (Lipinski definition) is 3. The highest BCUT2D eigenvalue weighted by molar-refractivity contribution is 5.95. The van der Waals surface area contributed by atoms with Gasteiger partial charge in [0.15, 0.2) is 17.4 Å². The number of carbonyl (C=O) groups excluding carboxylic acids is 1. The second-order valence-corrected chi connectivity index (χ2v) is 5.79. The standard InChI is InChI=1S/C14H18F3NO3/c1-14(2,3)9(4-5-19)18-13(21)7-6-8(15)11(17)12(20)10(7)16/h6,9,19-20H,4-5H2,1-3H3,(H,18,21). The van der Waals surface area contributed by atoms with Crippen molar-refractivity contribution in [1.82, 2.24) is 5.32 Å². The van der Waals surface area contributed by atoms with Crippen LogP contribution in [0.2, 0.25) is 0 Å². The van der Waals surface area contributed by atoms with Crippen LogP contribution in [0.25, 0.3) is 0 Å². The lowest BCUT2D eigenvalue weighted by Crippen LogP contribution is -2.44. The van der Waals surface area contributed by atoms with E-state index in [-0.39, 0.29) is 13.0 Å². The highest BCUT2D eigenvalue weighted by Crippen LogP contribution is 2.27. The predicted octanol–water partition coefficient (Wildman–Crippen LogP) is 2.34. The Morgan fingerprint density at radius 2 is 1.86 bits per heavy atom. The van der Waals surface area contributed by atoms with Gasteiger partial charge in [0.05, 0.1) is 5.56 Å². The summed E-state index contributed by atoms with van der Waals surface area (Å²) in [5.74, 6) is -7.31. The Morgan fingerprint density at radius 1 is 1.29 bits per heavy atom. The summed E-state index contributed by atoms with van der Waals surface area (Å²) in [6, 6.07) is -0.122. The van der Waals surface area contributed by atoms with Gasteiger partial charge in [0.1, 0.15) is 0 Å². The molecule has 0 saturated carbocycles. The minimum absolute atomic E-state index is 0.201. The SMILES string of the molecule is CC(C)(C)C(CCO)NC(=O)c1cc(F)c(F)c(O)c1F. The number of aliphatic hydroxyl groups is 1. The zero-order valence-electron chi connectivity index (χ0n) is 12.0. The summed E-state index contributed by atoms with van der Waals surface area (Å²) >= 11 is 0. The molecule has 1 unspecified atom stereocenters. The molecule has 1 aromatic carbocycles. The van der Waals surface area contributed by atoms with Crippen LogP contribution in [0, 0.1) is 22.9 Å². The van der Waals surface area contributed by atoms with Crippen molar-refractivity contribution in [3.05, 3.63) is 29.1 Å². The number of phenols is 1. The number of phenolic OH excluding ortho intramolecular Hbond substituents is 1. The van der Waals surface area contributed by atoms with Gasteiger partial charge in [-0.15, -0.1) is 0 Å². The molecule has 0 heterocycles. The van der Waals surface area contributed by atoms with Crippen LogP contribution < -0.4 is 5.32 Å². The normalized spacial score (nSPS) is 13.1. The van der Waals surface area contributed by atoms with Gasteiger partial charge < -0.3 is 15.5 Å². The number of aliphatic hydroxyl groups excluding tert-OH is 1. The average molecular weight is 305 g/mol. The molecule has 1 amide bonds. The molecule has 1 rings (SSSR count). The topological polar surface area (TPSA) is 69.6 Å². The van der Waals surface area contributed by atoms with Crippen LogP contribution in [-0.4, -0.2) is 28.8 Å². The molecule has 0 aromatic heterocycles. The Morgan fingerprint density at radius 3 is 2.33 bits per heavy atom. The number of hydrogen-bond acceptors (Lipinski definition) is 3. The van der Waals surface area contributed by atoms with Gasteiger partial charge in [0.2, 0.25) is 5.82 Å². The van der Waals surface area contributed by atoms with E-state index in [0.29, 0.717) is 6.07 Å². The fourth-order valence-corrected chi connectivity index (χ4v) is 1.84. The van der Waals surface area contributed by atoms with Crippen molar-refractivity contribution >= 4 is 5.91 Å². The molecular formula is C14H18F3NO3. The lowest BCUT2D eigenvalue weighted by molar-refractivity contribution is 0.0879. The number of benzene rings is 1. The summed E-state index contributed by atoms with van der Waals surface area (Å²) in [6.07, 6.45) is 0.215. The summed E-state index contributed by atoms with van der Waals surface area (Å²) in [7, 11) is 0. The van der Waals surface area contributed by atoms with Crippen molar-refractivity contribution in [2.24, 2.45) is 5.41 Å². The van der Waals surface area contributed by atoms with E-state index in [4.69, 9.17) is 10.2 Å². The molecule has 0 fully saturated rings. The number of amides is 1. The molecule has 1 aromatic rings. The minimum atomic E-state index is -1.74. The molecule has 0 aliphatic rings. The van der Waals surface area contributed by atoms with Gasteiger partial charge in [-0.05, 0) is 17.9 Å². The molecule has 0 aliphatic carbocycles. The Labute approximate surface area is 120 Å². The molecule has 21 heavy (non-hydrogen) atoms. The van der Waals surface area contributed by atoms with Gasteiger partial charge in [-0.1, -0.05) is 20.8 Å². The van der Waals surface area contributed by atoms with Gasteiger partial charge in [-0.2, -0.15) is 4.39 Å². The van der Waals surface area contributed by atoms with E-state index < -0.39 is 46.1 Å². The summed E-state index contributed by atoms with van der Waals surface area (Å²) < 4.78 is 39.8. The largest absolute Gasteiger partial charge is 0.503 e. The third-order valence-electron chi connectivity index (χ3n) is 3.15. The molecule has 0 radical (unpaired) electrons. The van der Waals surface area contributed by atoms with Gasteiger partial charge in [-0.25, -0.2) is 8.78 Å². The highest BCUT2D eigenvalue weighted by atomic mass is 19.2. The van der Waals surface area contributed by atoms with Gasteiger partial charge >= 0.3 is 0 Å². The summed E-state index contributed by atoms with van der Waals surface area (Å²) in [5.41, 5.74) is -1.23. The molecule has 4 nitrogen and oxygen atoms in total. The number of aromatic hydroxyl groups is 1.